The number of fused-ring (bicyclic) bond motifs is 1. The summed E-state index contributed by atoms with van der Waals surface area (Å²) in [6.07, 6.45) is 4.39. The standard InChI is InChI=1S/C37H41N5O4/c1-24(2)29-14-8-15-30(25(3)4)33(29)40-37(45)41-34-32(31-16-9-19-39-35(31)42(36(34)44)20-10-21-43)26-11-7-13-28(23-26)46-22-17-27-12-5-6-18-38-27/h5-9,11-16,18-19,23-25,43H,10,17,20-22H2,1-4H3,(H2,40,41,45). The summed E-state index contributed by atoms with van der Waals surface area (Å²) in [6, 6.07) is 22.5. The van der Waals surface area contributed by atoms with Crippen LogP contribution in [0.4, 0.5) is 16.2 Å². The van der Waals surface area contributed by atoms with Gasteiger partial charge in [-0.3, -0.25) is 14.3 Å². The number of aliphatic hydroxyl groups is 1. The number of ether oxygens (including phenoxy) is 1. The van der Waals surface area contributed by atoms with Gasteiger partial charge in [0.2, 0.25) is 0 Å². The quantitative estimate of drug-likeness (QED) is 0.134. The van der Waals surface area contributed by atoms with Crippen molar-refractivity contribution in [2.24, 2.45) is 0 Å². The number of amides is 2. The number of hydrogen-bond donors (Lipinski definition) is 3. The number of hydrogen-bond acceptors (Lipinski definition) is 6. The first-order valence-corrected chi connectivity index (χ1v) is 15.7. The number of aliphatic hydroxyl groups excluding tert-OH is 1. The average Bonchev–Trinajstić information content (AvgIpc) is 3.05. The lowest BCUT2D eigenvalue weighted by atomic mass is 9.93. The van der Waals surface area contributed by atoms with Gasteiger partial charge in [-0.2, -0.15) is 0 Å². The van der Waals surface area contributed by atoms with Crippen LogP contribution >= 0.6 is 0 Å². The van der Waals surface area contributed by atoms with Crippen LogP contribution in [0.2, 0.25) is 0 Å². The highest BCUT2D eigenvalue weighted by molar-refractivity contribution is 6.07. The fourth-order valence-corrected chi connectivity index (χ4v) is 5.65. The molecule has 238 valence electrons. The third-order valence-electron chi connectivity index (χ3n) is 7.89. The van der Waals surface area contributed by atoms with Gasteiger partial charge in [0.15, 0.2) is 0 Å². The Morgan fingerprint density at radius 3 is 2.28 bits per heavy atom. The summed E-state index contributed by atoms with van der Waals surface area (Å²) in [5, 5.41) is 16.3. The van der Waals surface area contributed by atoms with Crippen LogP contribution in [0.3, 0.4) is 0 Å². The van der Waals surface area contributed by atoms with Crippen molar-refractivity contribution in [2.75, 3.05) is 23.8 Å². The van der Waals surface area contributed by atoms with Crippen molar-refractivity contribution >= 4 is 28.4 Å². The third kappa shape index (κ3) is 7.26. The maximum absolute atomic E-state index is 14.2. The zero-order chi connectivity index (χ0) is 32.6. The van der Waals surface area contributed by atoms with E-state index in [1.165, 1.54) is 4.57 Å². The number of para-hydroxylation sites is 1. The van der Waals surface area contributed by atoms with Crippen LogP contribution in [0.5, 0.6) is 5.75 Å². The molecule has 3 aromatic heterocycles. The maximum Gasteiger partial charge on any atom is 0.323 e. The molecule has 9 heteroatoms. The van der Waals surface area contributed by atoms with E-state index in [0.29, 0.717) is 47.4 Å². The number of carbonyl (C=O) groups excluding carboxylic acids is 1. The molecule has 9 nitrogen and oxygen atoms in total. The van der Waals surface area contributed by atoms with Crippen LogP contribution in [0.15, 0.2) is 90.0 Å². The van der Waals surface area contributed by atoms with Crippen molar-refractivity contribution < 1.29 is 14.6 Å². The molecule has 0 saturated carbocycles. The Bertz CT molecular complexity index is 1840. The molecule has 2 aromatic carbocycles. The highest BCUT2D eigenvalue weighted by Crippen LogP contribution is 2.36. The molecule has 0 aliphatic rings. The number of nitrogens with one attached hydrogen (secondary N) is 2. The maximum atomic E-state index is 14.2. The van der Waals surface area contributed by atoms with E-state index < -0.39 is 11.6 Å². The molecule has 2 amide bonds. The Kier molecular flexibility index (Phi) is 10.4. The molecule has 0 aliphatic heterocycles. The van der Waals surface area contributed by atoms with Gasteiger partial charge in [-0.15, -0.1) is 0 Å². The van der Waals surface area contributed by atoms with Crippen LogP contribution in [0.25, 0.3) is 22.2 Å². The number of anilines is 2. The lowest BCUT2D eigenvalue weighted by molar-refractivity contribution is 0.262. The first kappa shape index (κ1) is 32.4. The normalized spacial score (nSPS) is 11.3. The van der Waals surface area contributed by atoms with Gasteiger partial charge in [-0.1, -0.05) is 64.1 Å². The van der Waals surface area contributed by atoms with Crippen molar-refractivity contribution in [2.45, 2.75) is 58.9 Å². The molecule has 0 fully saturated rings. The molecule has 0 spiro atoms. The highest BCUT2D eigenvalue weighted by atomic mass is 16.5. The molecule has 0 bridgehead atoms. The van der Waals surface area contributed by atoms with E-state index in [-0.39, 0.29) is 30.7 Å². The lowest BCUT2D eigenvalue weighted by Gasteiger charge is -2.22. The second-order valence-corrected chi connectivity index (χ2v) is 11.8. The molecule has 46 heavy (non-hydrogen) atoms. The smallest absolute Gasteiger partial charge is 0.323 e. The van der Waals surface area contributed by atoms with E-state index in [2.05, 4.69) is 48.3 Å². The van der Waals surface area contributed by atoms with Gasteiger partial charge < -0.3 is 20.5 Å². The summed E-state index contributed by atoms with van der Waals surface area (Å²) in [7, 11) is 0. The fourth-order valence-electron chi connectivity index (χ4n) is 5.65. The van der Waals surface area contributed by atoms with Gasteiger partial charge in [0.05, 0.1) is 6.61 Å². The zero-order valence-corrected chi connectivity index (χ0v) is 26.8. The topological polar surface area (TPSA) is 118 Å². The minimum absolute atomic E-state index is 0.0897. The second kappa shape index (κ2) is 14.8. The van der Waals surface area contributed by atoms with E-state index in [0.717, 1.165) is 22.5 Å². The van der Waals surface area contributed by atoms with E-state index in [1.54, 1.807) is 18.5 Å². The summed E-state index contributed by atoms with van der Waals surface area (Å²) < 4.78 is 7.61. The highest BCUT2D eigenvalue weighted by Gasteiger charge is 2.23. The summed E-state index contributed by atoms with van der Waals surface area (Å²) in [4.78, 5) is 36.9. The number of urea groups is 1. The van der Waals surface area contributed by atoms with E-state index >= 15 is 0 Å². The SMILES string of the molecule is CC(C)c1cccc(C(C)C)c1NC(=O)Nc1c(-c2cccc(OCCc3ccccn3)c2)c2cccnc2n(CCCO)c1=O. The number of carbonyl (C=O) groups is 1. The minimum atomic E-state index is -0.520. The van der Waals surface area contributed by atoms with Crippen LogP contribution in [-0.2, 0) is 13.0 Å². The van der Waals surface area contributed by atoms with E-state index in [9.17, 15) is 14.7 Å². The molecular formula is C37H41N5O4. The van der Waals surface area contributed by atoms with Crippen LogP contribution < -0.4 is 20.9 Å². The van der Waals surface area contributed by atoms with Crippen molar-refractivity contribution in [1.82, 2.24) is 14.5 Å². The van der Waals surface area contributed by atoms with Gasteiger partial charge in [0.25, 0.3) is 5.56 Å². The number of nitrogens with zero attached hydrogens (tertiary/aromatic N) is 3. The van der Waals surface area contributed by atoms with Crippen molar-refractivity contribution in [3.63, 3.8) is 0 Å². The van der Waals surface area contributed by atoms with Crippen LogP contribution in [0.1, 0.15) is 62.8 Å². The molecule has 5 rings (SSSR count). The molecule has 0 radical (unpaired) electrons. The third-order valence-corrected chi connectivity index (χ3v) is 7.89. The van der Waals surface area contributed by atoms with Crippen molar-refractivity contribution in [3.05, 3.63) is 112 Å². The molecule has 0 saturated heterocycles. The number of aryl methyl sites for hydroxylation is 1. The Hall–Kier alpha value is -5.02. The van der Waals surface area contributed by atoms with Crippen molar-refractivity contribution in [3.8, 4) is 16.9 Å². The van der Waals surface area contributed by atoms with Gasteiger partial charge in [-0.25, -0.2) is 9.78 Å². The lowest BCUT2D eigenvalue weighted by Crippen LogP contribution is -2.30. The minimum Gasteiger partial charge on any atom is -0.493 e. The van der Waals surface area contributed by atoms with Gasteiger partial charge in [0.1, 0.15) is 17.1 Å². The zero-order valence-electron chi connectivity index (χ0n) is 26.8. The first-order valence-electron chi connectivity index (χ1n) is 15.7. The first-order chi connectivity index (χ1) is 22.3. The molecule has 3 N–H and O–H groups in total. The van der Waals surface area contributed by atoms with E-state index in [1.807, 2.05) is 66.7 Å². The van der Waals surface area contributed by atoms with Crippen molar-refractivity contribution in [1.29, 1.82) is 0 Å². The summed E-state index contributed by atoms with van der Waals surface area (Å²) >= 11 is 0. The van der Waals surface area contributed by atoms with Gasteiger partial charge in [-0.05, 0) is 71.3 Å². The Labute approximate surface area is 269 Å². The van der Waals surface area contributed by atoms with E-state index in [4.69, 9.17) is 4.74 Å². The summed E-state index contributed by atoms with van der Waals surface area (Å²) in [6.45, 7) is 8.92. The summed E-state index contributed by atoms with van der Waals surface area (Å²) in [5.41, 5.74) is 5.12. The molecular weight excluding hydrogens is 578 g/mol. The average molecular weight is 620 g/mol. The van der Waals surface area contributed by atoms with Crippen LogP contribution in [0, 0.1) is 0 Å². The second-order valence-electron chi connectivity index (χ2n) is 11.8. The largest absolute Gasteiger partial charge is 0.493 e. The predicted octanol–water partition coefficient (Wildman–Crippen LogP) is 7.35. The fraction of sp³-hybridized carbons (Fsp3) is 0.297. The molecule has 3 heterocycles. The Morgan fingerprint density at radius 1 is 0.870 bits per heavy atom. The number of pyridine rings is 3. The molecule has 0 aliphatic carbocycles. The number of benzene rings is 2. The summed E-state index contributed by atoms with van der Waals surface area (Å²) in [5.74, 6) is 0.970. The predicted molar refractivity (Wildman–Crippen MR) is 184 cm³/mol. The Morgan fingerprint density at radius 2 is 1.59 bits per heavy atom. The van der Waals surface area contributed by atoms with Crippen LogP contribution in [-0.4, -0.2) is 38.9 Å². The molecule has 0 atom stereocenters. The number of rotatable bonds is 12. The monoisotopic (exact) mass is 619 g/mol. The van der Waals surface area contributed by atoms with Gasteiger partial charge >= 0.3 is 6.03 Å². The Balaban J connectivity index is 1.57. The molecule has 5 aromatic rings. The number of aromatic nitrogens is 3. The molecule has 0 unspecified atom stereocenters. The van der Waals surface area contributed by atoms with Gasteiger partial charge in [0, 0.05) is 54.3 Å².